The number of likely N-dealkylation sites (tertiary alicyclic amines) is 1. The molecular weight excluding hydrogens is 586 g/mol. The van der Waals surface area contributed by atoms with Gasteiger partial charge in [0.1, 0.15) is 21.2 Å². The molecule has 1 fully saturated rings. The van der Waals surface area contributed by atoms with E-state index in [-0.39, 0.29) is 10.9 Å². The maximum absolute atomic E-state index is 13.6. The molecule has 230 valence electrons. The first kappa shape index (κ1) is 29.1. The summed E-state index contributed by atoms with van der Waals surface area (Å²) < 4.78 is 32.8. The molecule has 45 heavy (non-hydrogen) atoms. The molecule has 10 heteroatoms. The summed E-state index contributed by atoms with van der Waals surface area (Å²) in [6.45, 7) is 2.31. The number of benzene rings is 3. The summed E-state index contributed by atoms with van der Waals surface area (Å²) in [5, 5.41) is 0.629. The summed E-state index contributed by atoms with van der Waals surface area (Å²) in [7, 11) is 0.432. The lowest BCUT2D eigenvalue weighted by Gasteiger charge is -2.31. The van der Waals surface area contributed by atoms with Gasteiger partial charge in [-0.05, 0) is 66.9 Å². The predicted molar refractivity (Wildman–Crippen MR) is 179 cm³/mol. The Morgan fingerprint density at radius 1 is 0.933 bits per heavy atom. The predicted octanol–water partition coefficient (Wildman–Crippen LogP) is 5.56. The fraction of sp³-hybridized carbons (Fsp3) is 0.257. The quantitative estimate of drug-likeness (QED) is 0.251. The van der Waals surface area contributed by atoms with Gasteiger partial charge >= 0.3 is 5.69 Å². The van der Waals surface area contributed by atoms with Crippen LogP contribution in [0.25, 0.3) is 50.1 Å². The first-order chi connectivity index (χ1) is 21.7. The van der Waals surface area contributed by atoms with Gasteiger partial charge in [0.2, 0.25) is 0 Å². The summed E-state index contributed by atoms with van der Waals surface area (Å²) in [5.74, 6) is 0.759. The van der Waals surface area contributed by atoms with Crippen LogP contribution in [0.5, 0.6) is 5.75 Å². The molecule has 4 heterocycles. The zero-order chi connectivity index (χ0) is 31.3. The number of aryl methyl sites for hydroxylation is 1. The third-order valence-electron chi connectivity index (χ3n) is 9.02. The molecule has 0 aliphatic carbocycles. The first-order valence-corrected chi connectivity index (χ1v) is 17.0. The van der Waals surface area contributed by atoms with E-state index >= 15 is 0 Å². The lowest BCUT2D eigenvalue weighted by atomic mass is 9.97. The molecule has 3 aromatic heterocycles. The van der Waals surface area contributed by atoms with Crippen LogP contribution in [-0.2, 0) is 23.4 Å². The van der Waals surface area contributed by atoms with Crippen LogP contribution >= 0.6 is 0 Å². The van der Waals surface area contributed by atoms with Gasteiger partial charge in [-0.1, -0.05) is 54.6 Å². The molecule has 1 N–H and O–H groups in total. The number of fused-ring (bicyclic) bond motifs is 3. The number of pyridine rings is 1. The number of hydrogen-bond acceptors (Lipinski definition) is 6. The normalized spacial score (nSPS) is 14.8. The fourth-order valence-corrected chi connectivity index (χ4v) is 7.63. The molecular formula is C35H35N5O4S. The van der Waals surface area contributed by atoms with Crippen LogP contribution in [0.1, 0.15) is 18.4 Å². The highest BCUT2D eigenvalue weighted by atomic mass is 32.2. The van der Waals surface area contributed by atoms with Crippen LogP contribution < -0.4 is 10.4 Å². The second-order valence-corrected chi connectivity index (χ2v) is 14.2. The number of nitrogens with zero attached hydrogens (tertiary/aromatic N) is 4. The van der Waals surface area contributed by atoms with Gasteiger partial charge in [-0.3, -0.25) is 14.0 Å². The van der Waals surface area contributed by atoms with Gasteiger partial charge in [0.15, 0.2) is 0 Å². The van der Waals surface area contributed by atoms with Gasteiger partial charge in [0.25, 0.3) is 0 Å². The molecule has 0 bridgehead atoms. The molecule has 1 aliphatic heterocycles. The summed E-state index contributed by atoms with van der Waals surface area (Å²) in [4.78, 5) is 24.4. The number of nitrogens with one attached hydrogen (secondary N) is 1. The molecule has 0 spiro atoms. The van der Waals surface area contributed by atoms with E-state index in [1.54, 1.807) is 29.5 Å². The molecule has 0 radical (unpaired) electrons. The van der Waals surface area contributed by atoms with Crippen molar-refractivity contribution in [1.82, 2.24) is 24.0 Å². The maximum atomic E-state index is 13.6. The molecule has 0 unspecified atom stereocenters. The lowest BCUT2D eigenvalue weighted by Crippen LogP contribution is -2.38. The SMILES string of the molecule is COc1ccc(-c2c(-c3ccc(CN4CCC(S(C)(=O)=O)CC4)cc3)[nH]c3ncc4c(c23)n(-c2ccccc2)c(=O)n4C)cc1. The summed E-state index contributed by atoms with van der Waals surface area (Å²) >= 11 is 0. The van der Waals surface area contributed by atoms with Crippen molar-refractivity contribution in [3.05, 3.63) is 101 Å². The minimum atomic E-state index is -3.00. The Labute approximate surface area is 261 Å². The number of sulfone groups is 1. The standard InChI is InChI=1S/C35H35N5O4S/c1-38-29-21-36-34-31(33(29)40(35(38)41)26-7-5-4-6-8-26)30(24-13-15-27(44-2)16-14-24)32(37-34)25-11-9-23(10-12-25)22-39-19-17-28(18-20-39)45(3,42)43/h4-16,21,28H,17-20,22H2,1-3H3,(H,36,37). The highest BCUT2D eigenvalue weighted by Gasteiger charge is 2.27. The number of methoxy groups -OCH3 is 1. The van der Waals surface area contributed by atoms with Crippen molar-refractivity contribution in [2.45, 2.75) is 24.6 Å². The van der Waals surface area contributed by atoms with Crippen molar-refractivity contribution >= 4 is 31.9 Å². The Hall–Kier alpha value is -4.67. The average Bonchev–Trinajstić information content (AvgIpc) is 3.56. The summed E-state index contributed by atoms with van der Waals surface area (Å²) in [5.41, 5.74) is 7.87. The molecule has 7 rings (SSSR count). The van der Waals surface area contributed by atoms with Crippen molar-refractivity contribution in [2.75, 3.05) is 26.5 Å². The van der Waals surface area contributed by atoms with Gasteiger partial charge in [-0.25, -0.2) is 18.2 Å². The maximum Gasteiger partial charge on any atom is 0.333 e. The molecule has 9 nitrogen and oxygen atoms in total. The molecule has 0 saturated carbocycles. The first-order valence-electron chi connectivity index (χ1n) is 15.1. The van der Waals surface area contributed by atoms with E-state index in [1.165, 1.54) is 11.8 Å². The second kappa shape index (κ2) is 11.4. The van der Waals surface area contributed by atoms with Crippen LogP contribution in [-0.4, -0.2) is 64.1 Å². The van der Waals surface area contributed by atoms with E-state index in [9.17, 15) is 13.2 Å². The van der Waals surface area contributed by atoms with Crippen LogP contribution in [0.4, 0.5) is 0 Å². The zero-order valence-corrected chi connectivity index (χ0v) is 26.3. The topological polar surface area (TPSA) is 102 Å². The Morgan fingerprint density at radius 2 is 1.60 bits per heavy atom. The third kappa shape index (κ3) is 5.23. The molecule has 0 atom stereocenters. The van der Waals surface area contributed by atoms with E-state index < -0.39 is 9.84 Å². The van der Waals surface area contributed by atoms with Crippen molar-refractivity contribution in [1.29, 1.82) is 0 Å². The van der Waals surface area contributed by atoms with E-state index in [0.717, 1.165) is 69.9 Å². The summed E-state index contributed by atoms with van der Waals surface area (Å²) in [6.07, 6.45) is 4.44. The van der Waals surface area contributed by atoms with Crippen LogP contribution in [0.2, 0.25) is 0 Å². The van der Waals surface area contributed by atoms with Crippen molar-refractivity contribution < 1.29 is 13.2 Å². The number of aromatic amines is 1. The van der Waals surface area contributed by atoms with E-state index in [0.29, 0.717) is 18.5 Å². The third-order valence-corrected chi connectivity index (χ3v) is 10.7. The number of aromatic nitrogens is 4. The Morgan fingerprint density at radius 3 is 2.24 bits per heavy atom. The molecule has 1 saturated heterocycles. The zero-order valence-electron chi connectivity index (χ0n) is 25.5. The molecule has 0 amide bonds. The number of H-pyrrole nitrogens is 1. The van der Waals surface area contributed by atoms with Gasteiger partial charge in [-0.2, -0.15) is 0 Å². The monoisotopic (exact) mass is 621 g/mol. The van der Waals surface area contributed by atoms with Gasteiger partial charge in [0, 0.05) is 25.4 Å². The van der Waals surface area contributed by atoms with Crippen LogP contribution in [0.3, 0.4) is 0 Å². The molecule has 3 aromatic carbocycles. The van der Waals surface area contributed by atoms with Crippen LogP contribution in [0, 0.1) is 0 Å². The van der Waals surface area contributed by atoms with Crippen molar-refractivity contribution in [2.24, 2.45) is 7.05 Å². The minimum absolute atomic E-state index is 0.140. The summed E-state index contributed by atoms with van der Waals surface area (Å²) in [6, 6.07) is 26.1. The average molecular weight is 622 g/mol. The largest absolute Gasteiger partial charge is 0.497 e. The number of ether oxygens (including phenoxy) is 1. The highest BCUT2D eigenvalue weighted by Crippen LogP contribution is 2.41. The fourth-order valence-electron chi connectivity index (χ4n) is 6.56. The van der Waals surface area contributed by atoms with Crippen molar-refractivity contribution in [3.8, 4) is 33.8 Å². The Bertz CT molecular complexity index is 2170. The van der Waals surface area contributed by atoms with E-state index in [1.807, 2.05) is 54.6 Å². The van der Waals surface area contributed by atoms with E-state index in [2.05, 4.69) is 34.1 Å². The Kier molecular flexibility index (Phi) is 7.33. The second-order valence-electron chi connectivity index (χ2n) is 11.8. The van der Waals surface area contributed by atoms with Gasteiger partial charge in [0.05, 0.1) is 46.4 Å². The molecule has 1 aliphatic rings. The lowest BCUT2D eigenvalue weighted by molar-refractivity contribution is 0.222. The van der Waals surface area contributed by atoms with E-state index in [4.69, 9.17) is 9.72 Å². The number of para-hydroxylation sites is 1. The van der Waals surface area contributed by atoms with Crippen LogP contribution in [0.15, 0.2) is 89.9 Å². The minimum Gasteiger partial charge on any atom is -0.497 e. The van der Waals surface area contributed by atoms with Gasteiger partial charge in [-0.15, -0.1) is 0 Å². The highest BCUT2D eigenvalue weighted by molar-refractivity contribution is 7.91. The smallest absolute Gasteiger partial charge is 0.333 e. The number of hydrogen-bond donors (Lipinski definition) is 1. The Balaban J connectivity index is 1.35. The number of imidazole rings is 1. The molecule has 6 aromatic rings. The number of rotatable bonds is 7. The van der Waals surface area contributed by atoms with Crippen molar-refractivity contribution in [3.63, 3.8) is 0 Å². The number of piperidine rings is 1. The van der Waals surface area contributed by atoms with Gasteiger partial charge < -0.3 is 9.72 Å².